The van der Waals surface area contributed by atoms with Crippen molar-refractivity contribution in [2.24, 2.45) is 4.99 Å². The molecule has 1 N–H and O–H groups in total. The summed E-state index contributed by atoms with van der Waals surface area (Å²) in [5.74, 6) is 0.436. The number of halogens is 2. The van der Waals surface area contributed by atoms with Crippen LogP contribution in [0.5, 0.6) is 0 Å². The van der Waals surface area contributed by atoms with E-state index in [1.165, 1.54) is 6.07 Å². The maximum Gasteiger partial charge on any atom is 0.409 e. The number of rotatable bonds is 3. The van der Waals surface area contributed by atoms with Gasteiger partial charge in [-0.15, -0.1) is 0 Å². The third-order valence-electron chi connectivity index (χ3n) is 3.76. The summed E-state index contributed by atoms with van der Waals surface area (Å²) >= 11 is 3.35. The highest BCUT2D eigenvalue weighted by Gasteiger charge is 2.23. The van der Waals surface area contributed by atoms with Gasteiger partial charge in [0.25, 0.3) is 0 Å². The van der Waals surface area contributed by atoms with Crippen LogP contribution < -0.4 is 5.32 Å². The van der Waals surface area contributed by atoms with Crippen LogP contribution in [0.1, 0.15) is 12.5 Å². The minimum absolute atomic E-state index is 0.256. The maximum absolute atomic E-state index is 13.8. The molecule has 132 valence electrons. The topological polar surface area (TPSA) is 57.2 Å². The second kappa shape index (κ2) is 8.86. The molecule has 0 unspecified atom stereocenters. The molecule has 1 saturated heterocycles. The van der Waals surface area contributed by atoms with Gasteiger partial charge in [0.15, 0.2) is 5.96 Å². The highest BCUT2D eigenvalue weighted by molar-refractivity contribution is 9.10. The summed E-state index contributed by atoms with van der Waals surface area (Å²) in [6.07, 6.45) is -0.281. The summed E-state index contributed by atoms with van der Waals surface area (Å²) < 4.78 is 19.6. The van der Waals surface area contributed by atoms with E-state index >= 15 is 0 Å². The molecule has 1 amide bonds. The number of nitrogens with one attached hydrogen (secondary N) is 1. The molecule has 0 spiro atoms. The number of hydrogen-bond donors (Lipinski definition) is 1. The van der Waals surface area contributed by atoms with Crippen molar-refractivity contribution in [1.82, 2.24) is 15.1 Å². The molecule has 0 aliphatic carbocycles. The van der Waals surface area contributed by atoms with Crippen LogP contribution in [0.4, 0.5) is 9.18 Å². The quantitative estimate of drug-likeness (QED) is 0.625. The van der Waals surface area contributed by atoms with Gasteiger partial charge < -0.3 is 19.9 Å². The van der Waals surface area contributed by atoms with Crippen LogP contribution in [-0.4, -0.2) is 61.7 Å². The zero-order valence-corrected chi connectivity index (χ0v) is 15.5. The van der Waals surface area contributed by atoms with E-state index in [4.69, 9.17) is 4.74 Å². The predicted octanol–water partition coefficient (Wildman–Crippen LogP) is 2.44. The summed E-state index contributed by atoms with van der Waals surface area (Å²) in [7, 11) is 1.69. The van der Waals surface area contributed by atoms with Gasteiger partial charge >= 0.3 is 6.09 Å². The fraction of sp³-hybridized carbons (Fsp3) is 0.500. The first-order valence-electron chi connectivity index (χ1n) is 7.86. The molecule has 2 rings (SSSR count). The number of ether oxygens (including phenoxy) is 1. The molecule has 1 fully saturated rings. The Kier molecular flexibility index (Phi) is 6.84. The first-order valence-corrected chi connectivity index (χ1v) is 8.65. The van der Waals surface area contributed by atoms with E-state index in [2.05, 4.69) is 26.2 Å². The van der Waals surface area contributed by atoms with Gasteiger partial charge in [-0.1, -0.05) is 15.9 Å². The molecule has 0 aromatic heterocycles. The highest BCUT2D eigenvalue weighted by atomic mass is 79.9. The molecule has 24 heavy (non-hydrogen) atoms. The summed E-state index contributed by atoms with van der Waals surface area (Å²) in [6.45, 7) is 4.96. The zero-order chi connectivity index (χ0) is 17.5. The van der Waals surface area contributed by atoms with Crippen molar-refractivity contribution in [3.63, 3.8) is 0 Å². The first kappa shape index (κ1) is 18.5. The number of nitrogens with zero attached hydrogens (tertiary/aromatic N) is 3. The van der Waals surface area contributed by atoms with E-state index in [-0.39, 0.29) is 11.9 Å². The number of carbonyl (C=O) groups excluding carboxylic acids is 1. The number of aliphatic imine (C=N–C) groups is 1. The summed E-state index contributed by atoms with van der Waals surface area (Å²) in [6, 6.07) is 4.85. The Hall–Kier alpha value is -1.83. The molecule has 1 heterocycles. The average Bonchev–Trinajstić information content (AvgIpc) is 2.59. The number of benzene rings is 1. The third-order valence-corrected chi connectivity index (χ3v) is 4.25. The smallest absolute Gasteiger partial charge is 0.409 e. The van der Waals surface area contributed by atoms with E-state index in [0.29, 0.717) is 50.9 Å². The Bertz CT molecular complexity index is 604. The van der Waals surface area contributed by atoms with Gasteiger partial charge in [0.05, 0.1) is 6.61 Å². The normalized spacial score (nSPS) is 15.4. The first-order chi connectivity index (χ1) is 11.5. The number of piperazine rings is 1. The van der Waals surface area contributed by atoms with E-state index < -0.39 is 0 Å². The molecule has 0 radical (unpaired) electrons. The number of amides is 1. The number of guanidine groups is 1. The Morgan fingerprint density at radius 3 is 2.62 bits per heavy atom. The van der Waals surface area contributed by atoms with Crippen molar-refractivity contribution < 1.29 is 13.9 Å². The SMILES string of the molecule is CCOC(=O)N1CCN(C(=NC)NCc2cc(Br)ccc2F)CC1. The van der Waals surface area contributed by atoms with Gasteiger partial charge in [-0.25, -0.2) is 9.18 Å². The Morgan fingerprint density at radius 2 is 2.00 bits per heavy atom. The van der Waals surface area contributed by atoms with Crippen LogP contribution in [0.3, 0.4) is 0 Å². The van der Waals surface area contributed by atoms with E-state index in [1.807, 2.05) is 4.90 Å². The molecular formula is C16H22BrFN4O2. The van der Waals surface area contributed by atoms with Crippen LogP contribution in [-0.2, 0) is 11.3 Å². The van der Waals surface area contributed by atoms with Crippen molar-refractivity contribution in [2.45, 2.75) is 13.5 Å². The van der Waals surface area contributed by atoms with Gasteiger partial charge in [0, 0.05) is 49.8 Å². The lowest BCUT2D eigenvalue weighted by Gasteiger charge is -2.35. The van der Waals surface area contributed by atoms with Gasteiger partial charge in [-0.2, -0.15) is 0 Å². The molecule has 0 saturated carbocycles. The second-order valence-corrected chi connectivity index (χ2v) is 6.23. The van der Waals surface area contributed by atoms with Crippen LogP contribution in [0, 0.1) is 5.82 Å². The van der Waals surface area contributed by atoms with Crippen LogP contribution in [0.2, 0.25) is 0 Å². The zero-order valence-electron chi connectivity index (χ0n) is 13.9. The fourth-order valence-electron chi connectivity index (χ4n) is 2.50. The Labute approximate surface area is 149 Å². The van der Waals surface area contributed by atoms with Gasteiger partial charge in [-0.05, 0) is 25.1 Å². The molecule has 6 nitrogen and oxygen atoms in total. The molecule has 1 aromatic rings. The van der Waals surface area contributed by atoms with Crippen LogP contribution in [0.15, 0.2) is 27.7 Å². The van der Waals surface area contributed by atoms with Gasteiger partial charge in [0.1, 0.15) is 5.82 Å². The Balaban J connectivity index is 1.89. The van der Waals surface area contributed by atoms with Crippen molar-refractivity contribution >= 4 is 28.0 Å². The number of carbonyl (C=O) groups is 1. The van der Waals surface area contributed by atoms with Gasteiger partial charge in [0.2, 0.25) is 0 Å². The summed E-state index contributed by atoms with van der Waals surface area (Å²) in [5, 5.41) is 3.17. The van der Waals surface area contributed by atoms with Crippen LogP contribution in [0.25, 0.3) is 0 Å². The molecule has 1 aromatic carbocycles. The summed E-state index contributed by atoms with van der Waals surface area (Å²) in [4.78, 5) is 19.7. The molecule has 0 bridgehead atoms. The van der Waals surface area contributed by atoms with Crippen molar-refractivity contribution in [1.29, 1.82) is 0 Å². The molecule has 1 aliphatic heterocycles. The lowest BCUT2D eigenvalue weighted by molar-refractivity contribution is 0.0914. The molecule has 0 atom stereocenters. The van der Waals surface area contributed by atoms with E-state index in [1.54, 1.807) is 31.0 Å². The fourth-order valence-corrected chi connectivity index (χ4v) is 2.91. The van der Waals surface area contributed by atoms with Crippen molar-refractivity contribution in [2.75, 3.05) is 39.8 Å². The molecular weight excluding hydrogens is 379 g/mol. The van der Waals surface area contributed by atoms with E-state index in [9.17, 15) is 9.18 Å². The largest absolute Gasteiger partial charge is 0.450 e. The highest BCUT2D eigenvalue weighted by Crippen LogP contribution is 2.15. The lowest BCUT2D eigenvalue weighted by atomic mass is 10.2. The average molecular weight is 401 g/mol. The van der Waals surface area contributed by atoms with Crippen LogP contribution >= 0.6 is 15.9 Å². The monoisotopic (exact) mass is 400 g/mol. The maximum atomic E-state index is 13.8. The minimum atomic E-state index is -0.281. The van der Waals surface area contributed by atoms with E-state index in [0.717, 1.165) is 4.47 Å². The molecule has 8 heteroatoms. The van der Waals surface area contributed by atoms with Crippen molar-refractivity contribution in [3.05, 3.63) is 34.1 Å². The minimum Gasteiger partial charge on any atom is -0.450 e. The molecule has 1 aliphatic rings. The second-order valence-electron chi connectivity index (χ2n) is 5.31. The Morgan fingerprint density at radius 1 is 1.33 bits per heavy atom. The third kappa shape index (κ3) is 4.83. The lowest BCUT2D eigenvalue weighted by Crippen LogP contribution is -2.53. The van der Waals surface area contributed by atoms with Crippen molar-refractivity contribution in [3.8, 4) is 0 Å². The number of hydrogen-bond acceptors (Lipinski definition) is 3. The van der Waals surface area contributed by atoms with Gasteiger partial charge in [-0.3, -0.25) is 4.99 Å². The predicted molar refractivity (Wildman–Crippen MR) is 94.5 cm³/mol. The standard InChI is InChI=1S/C16H22BrFN4O2/c1-3-24-16(23)22-8-6-21(7-9-22)15(19-2)20-11-12-10-13(17)4-5-14(12)18/h4-5,10H,3,6-9,11H2,1-2H3,(H,19,20). The summed E-state index contributed by atoms with van der Waals surface area (Å²) in [5.41, 5.74) is 0.565.